The predicted molar refractivity (Wildman–Crippen MR) is 73.2 cm³/mol. The number of fused-ring (bicyclic) bond motifs is 1. The van der Waals surface area contributed by atoms with Gasteiger partial charge in [-0.1, -0.05) is 17.3 Å². The molecule has 1 aliphatic carbocycles. The molecule has 1 aromatic carbocycles. The minimum Gasteiger partial charge on any atom is -0.476 e. The number of carboxylic acid groups (broad SMARTS) is 1. The summed E-state index contributed by atoms with van der Waals surface area (Å²) >= 11 is 3.25. The van der Waals surface area contributed by atoms with Crippen molar-refractivity contribution in [3.8, 4) is 11.3 Å². The van der Waals surface area contributed by atoms with E-state index in [-0.39, 0.29) is 5.69 Å². The Morgan fingerprint density at radius 3 is 2.68 bits per heavy atom. The average molecular weight is 322 g/mol. The number of nitrogens with zero attached hydrogens (tertiary/aromatic N) is 1. The summed E-state index contributed by atoms with van der Waals surface area (Å²) in [6.45, 7) is 0. The Balaban J connectivity index is 2.05. The van der Waals surface area contributed by atoms with Gasteiger partial charge in [0.25, 0.3) is 0 Å². The van der Waals surface area contributed by atoms with Gasteiger partial charge >= 0.3 is 5.97 Å². The van der Waals surface area contributed by atoms with E-state index in [4.69, 9.17) is 9.63 Å². The Labute approximate surface area is 118 Å². The van der Waals surface area contributed by atoms with E-state index in [1.807, 2.05) is 6.07 Å². The molecule has 0 spiro atoms. The SMILES string of the molecule is O=C(O)c1noc(-c2ccc3c(c2)CCCC3)c1Br. The Morgan fingerprint density at radius 2 is 2.00 bits per heavy atom. The van der Waals surface area contributed by atoms with E-state index in [2.05, 4.69) is 33.2 Å². The number of aromatic carboxylic acids is 1. The molecule has 0 fully saturated rings. The first-order valence-electron chi connectivity index (χ1n) is 6.17. The Bertz CT molecular complexity index is 648. The molecule has 3 rings (SSSR count). The van der Waals surface area contributed by atoms with E-state index < -0.39 is 5.97 Å². The third kappa shape index (κ3) is 2.18. The highest BCUT2D eigenvalue weighted by Crippen LogP contribution is 2.33. The van der Waals surface area contributed by atoms with Crippen molar-refractivity contribution in [1.29, 1.82) is 0 Å². The topological polar surface area (TPSA) is 63.3 Å². The van der Waals surface area contributed by atoms with Gasteiger partial charge in [-0.3, -0.25) is 0 Å². The van der Waals surface area contributed by atoms with Crippen LogP contribution in [-0.2, 0) is 12.8 Å². The molecule has 4 nitrogen and oxygen atoms in total. The number of aromatic nitrogens is 1. The summed E-state index contributed by atoms with van der Waals surface area (Å²) in [5.41, 5.74) is 3.48. The van der Waals surface area contributed by atoms with Gasteiger partial charge in [-0.2, -0.15) is 0 Å². The zero-order valence-corrected chi connectivity index (χ0v) is 11.7. The number of aryl methyl sites for hydroxylation is 2. The molecule has 1 aliphatic rings. The zero-order valence-electron chi connectivity index (χ0n) is 10.1. The molecule has 0 saturated carbocycles. The van der Waals surface area contributed by atoms with Crippen LogP contribution in [0.25, 0.3) is 11.3 Å². The number of carboxylic acids is 1. The Morgan fingerprint density at radius 1 is 1.26 bits per heavy atom. The van der Waals surface area contributed by atoms with Crippen molar-refractivity contribution in [3.63, 3.8) is 0 Å². The van der Waals surface area contributed by atoms with Gasteiger partial charge in [0.1, 0.15) is 4.47 Å². The summed E-state index contributed by atoms with van der Waals surface area (Å²) in [5, 5.41) is 12.5. The summed E-state index contributed by atoms with van der Waals surface area (Å²) in [7, 11) is 0. The van der Waals surface area contributed by atoms with Crippen LogP contribution in [0.2, 0.25) is 0 Å². The molecule has 1 N–H and O–H groups in total. The molecule has 0 bridgehead atoms. The van der Waals surface area contributed by atoms with Crippen molar-refractivity contribution >= 4 is 21.9 Å². The Hall–Kier alpha value is -1.62. The number of hydrogen-bond donors (Lipinski definition) is 1. The van der Waals surface area contributed by atoms with Crippen LogP contribution in [0.1, 0.15) is 34.5 Å². The van der Waals surface area contributed by atoms with Gasteiger partial charge in [-0.05, 0) is 58.8 Å². The van der Waals surface area contributed by atoms with Gasteiger partial charge in [0, 0.05) is 5.56 Å². The molecule has 5 heteroatoms. The predicted octanol–water partition coefficient (Wildman–Crippen LogP) is 3.68. The molecule has 0 amide bonds. The summed E-state index contributed by atoms with van der Waals surface area (Å²) in [6.07, 6.45) is 4.63. The molecule has 0 radical (unpaired) electrons. The van der Waals surface area contributed by atoms with E-state index in [9.17, 15) is 4.79 Å². The quantitative estimate of drug-likeness (QED) is 0.916. The maximum Gasteiger partial charge on any atom is 0.359 e. The number of halogens is 1. The van der Waals surface area contributed by atoms with Crippen molar-refractivity contribution in [2.24, 2.45) is 0 Å². The highest BCUT2D eigenvalue weighted by molar-refractivity contribution is 9.10. The van der Waals surface area contributed by atoms with Crippen molar-refractivity contribution in [3.05, 3.63) is 39.5 Å². The number of carbonyl (C=O) groups is 1. The number of benzene rings is 1. The van der Waals surface area contributed by atoms with Gasteiger partial charge in [0.15, 0.2) is 5.76 Å². The lowest BCUT2D eigenvalue weighted by Crippen LogP contribution is -2.02. The molecular weight excluding hydrogens is 310 g/mol. The van der Waals surface area contributed by atoms with E-state index in [1.54, 1.807) is 0 Å². The fourth-order valence-electron chi connectivity index (χ4n) is 2.47. The van der Waals surface area contributed by atoms with Crippen LogP contribution in [0.4, 0.5) is 0 Å². The standard InChI is InChI=1S/C14H12BrNO3/c15-11-12(14(17)18)16-19-13(11)10-6-5-8-3-1-2-4-9(8)7-10/h5-7H,1-4H2,(H,17,18). The van der Waals surface area contributed by atoms with E-state index in [1.165, 1.54) is 24.0 Å². The van der Waals surface area contributed by atoms with Crippen LogP contribution >= 0.6 is 15.9 Å². The third-order valence-corrected chi connectivity index (χ3v) is 4.18. The highest BCUT2D eigenvalue weighted by Gasteiger charge is 2.21. The van der Waals surface area contributed by atoms with Crippen LogP contribution < -0.4 is 0 Å². The molecule has 0 saturated heterocycles. The molecule has 19 heavy (non-hydrogen) atoms. The van der Waals surface area contributed by atoms with Crippen LogP contribution in [0, 0.1) is 0 Å². The summed E-state index contributed by atoms with van der Waals surface area (Å²) in [4.78, 5) is 10.9. The fourth-order valence-corrected chi connectivity index (χ4v) is 3.01. The minimum atomic E-state index is -1.10. The minimum absolute atomic E-state index is 0.0901. The molecule has 0 aliphatic heterocycles. The first-order valence-corrected chi connectivity index (χ1v) is 6.97. The largest absolute Gasteiger partial charge is 0.476 e. The van der Waals surface area contributed by atoms with E-state index >= 15 is 0 Å². The monoisotopic (exact) mass is 321 g/mol. The van der Waals surface area contributed by atoms with Crippen LogP contribution in [0.15, 0.2) is 27.2 Å². The van der Waals surface area contributed by atoms with Crippen molar-refractivity contribution in [1.82, 2.24) is 5.16 Å². The first-order chi connectivity index (χ1) is 9.16. The van der Waals surface area contributed by atoms with Gasteiger partial charge < -0.3 is 9.63 Å². The second-order valence-electron chi connectivity index (χ2n) is 4.67. The maximum atomic E-state index is 10.9. The molecule has 0 atom stereocenters. The van der Waals surface area contributed by atoms with Crippen LogP contribution in [0.3, 0.4) is 0 Å². The maximum absolute atomic E-state index is 10.9. The summed E-state index contributed by atoms with van der Waals surface area (Å²) < 4.78 is 5.55. The number of rotatable bonds is 2. The van der Waals surface area contributed by atoms with Crippen LogP contribution in [0.5, 0.6) is 0 Å². The van der Waals surface area contributed by atoms with Crippen molar-refractivity contribution < 1.29 is 14.4 Å². The second kappa shape index (κ2) is 4.81. The van der Waals surface area contributed by atoms with Gasteiger partial charge in [0.05, 0.1) is 0 Å². The Kier molecular flexibility index (Phi) is 3.14. The number of hydrogen-bond acceptors (Lipinski definition) is 3. The van der Waals surface area contributed by atoms with Gasteiger partial charge in [-0.15, -0.1) is 0 Å². The smallest absolute Gasteiger partial charge is 0.359 e. The third-order valence-electron chi connectivity index (χ3n) is 3.45. The lowest BCUT2D eigenvalue weighted by Gasteiger charge is -2.15. The van der Waals surface area contributed by atoms with E-state index in [0.717, 1.165) is 18.4 Å². The van der Waals surface area contributed by atoms with Gasteiger partial charge in [-0.25, -0.2) is 4.79 Å². The lowest BCUT2D eigenvalue weighted by atomic mass is 9.90. The molecule has 0 unspecified atom stereocenters. The normalized spacial score (nSPS) is 14.2. The average Bonchev–Trinajstić information content (AvgIpc) is 2.80. The molecule has 2 aromatic rings. The second-order valence-corrected chi connectivity index (χ2v) is 5.46. The highest BCUT2D eigenvalue weighted by atomic mass is 79.9. The van der Waals surface area contributed by atoms with Crippen molar-refractivity contribution in [2.75, 3.05) is 0 Å². The lowest BCUT2D eigenvalue weighted by molar-refractivity contribution is 0.0685. The molecule has 1 heterocycles. The molecular formula is C14H12BrNO3. The summed E-state index contributed by atoms with van der Waals surface area (Å²) in [6, 6.07) is 6.13. The first kappa shape index (κ1) is 12.4. The fraction of sp³-hybridized carbons (Fsp3) is 0.286. The zero-order chi connectivity index (χ0) is 13.4. The van der Waals surface area contributed by atoms with Gasteiger partial charge in [0.2, 0.25) is 5.69 Å². The van der Waals surface area contributed by atoms with E-state index in [0.29, 0.717) is 10.2 Å². The summed E-state index contributed by atoms with van der Waals surface area (Å²) in [5.74, 6) is -0.620. The molecule has 1 aromatic heterocycles. The van der Waals surface area contributed by atoms with Crippen molar-refractivity contribution in [2.45, 2.75) is 25.7 Å². The van der Waals surface area contributed by atoms with Crippen LogP contribution in [-0.4, -0.2) is 16.2 Å². The molecule has 98 valence electrons.